The van der Waals surface area contributed by atoms with Crippen LogP contribution in [0.25, 0.3) is 5.53 Å². The topological polar surface area (TPSA) is 134 Å². The quantitative estimate of drug-likeness (QED) is 0.141. The third kappa shape index (κ3) is 4.58. The molecule has 2 amide bonds. The van der Waals surface area contributed by atoms with Gasteiger partial charge in [-0.1, -0.05) is 12.1 Å². The maximum absolute atomic E-state index is 12.3. The number of carbonyl (C=O) groups excluding carboxylic acids is 5. The molecule has 1 aliphatic heterocycles. The number of rotatable bonds is 10. The lowest BCUT2D eigenvalue weighted by atomic mass is 10.00. The van der Waals surface area contributed by atoms with Crippen LogP contribution in [0.15, 0.2) is 48.5 Å². The zero-order valence-corrected chi connectivity index (χ0v) is 17.2. The van der Waals surface area contributed by atoms with Crippen molar-refractivity contribution < 1.29 is 33.5 Å². The van der Waals surface area contributed by atoms with Gasteiger partial charge >= 0.3 is 5.71 Å². The second-order valence-corrected chi connectivity index (χ2v) is 7.03. The molecule has 0 saturated carbocycles. The average Bonchev–Trinajstić information content (AvgIpc) is 3.04. The Labute approximate surface area is 183 Å². The van der Waals surface area contributed by atoms with Crippen LogP contribution in [0.4, 0.5) is 0 Å². The molecule has 0 N–H and O–H groups in total. The maximum atomic E-state index is 12.3. The number of fused-ring (bicyclic) bond motifs is 1. The minimum Gasteiger partial charge on any atom is -0.497 e. The van der Waals surface area contributed by atoms with Gasteiger partial charge in [-0.2, -0.15) is 4.79 Å². The number of ether oxygens (including phenoxy) is 1. The van der Waals surface area contributed by atoms with Gasteiger partial charge in [-0.15, -0.1) is 0 Å². The van der Waals surface area contributed by atoms with Crippen LogP contribution < -0.4 is 4.74 Å². The molecular weight excluding hydrogens is 414 g/mol. The van der Waals surface area contributed by atoms with Crippen LogP contribution in [-0.2, 0) is 9.59 Å². The van der Waals surface area contributed by atoms with Crippen LogP contribution >= 0.6 is 0 Å². The third-order valence-corrected chi connectivity index (χ3v) is 5.03. The Morgan fingerprint density at radius 3 is 2.06 bits per heavy atom. The predicted octanol–water partition coefficient (Wildman–Crippen LogP) is 2.15. The molecule has 0 aliphatic carbocycles. The number of Topliss-reactive ketones (excluding diaryl/α,β-unsaturated/α-hetero) is 3. The zero-order chi connectivity index (χ0) is 23.3. The van der Waals surface area contributed by atoms with Crippen molar-refractivity contribution in [3.8, 4) is 5.75 Å². The van der Waals surface area contributed by atoms with E-state index in [1.165, 1.54) is 19.2 Å². The van der Waals surface area contributed by atoms with Gasteiger partial charge in [-0.3, -0.25) is 28.9 Å². The van der Waals surface area contributed by atoms with E-state index < -0.39 is 41.3 Å². The minimum absolute atomic E-state index is 0.0320. The summed E-state index contributed by atoms with van der Waals surface area (Å²) in [7, 11) is 1.48. The highest BCUT2D eigenvalue weighted by Crippen LogP contribution is 2.22. The van der Waals surface area contributed by atoms with Crippen molar-refractivity contribution in [1.82, 2.24) is 4.90 Å². The Hall–Kier alpha value is -4.23. The first-order valence-electron chi connectivity index (χ1n) is 9.78. The molecule has 0 atom stereocenters. The van der Waals surface area contributed by atoms with E-state index in [1.54, 1.807) is 36.4 Å². The van der Waals surface area contributed by atoms with E-state index in [1.807, 2.05) is 0 Å². The molecule has 0 aromatic heterocycles. The van der Waals surface area contributed by atoms with Crippen LogP contribution in [-0.4, -0.2) is 58.2 Å². The number of amides is 2. The molecule has 2 aromatic carbocycles. The first-order valence-corrected chi connectivity index (χ1v) is 9.78. The van der Waals surface area contributed by atoms with Crippen LogP contribution in [0.2, 0.25) is 0 Å². The fraction of sp³-hybridized carbons (Fsp3) is 0.217. The summed E-state index contributed by atoms with van der Waals surface area (Å²) in [6.45, 7) is -0.0320. The van der Waals surface area contributed by atoms with Crippen LogP contribution in [0.1, 0.15) is 50.3 Å². The van der Waals surface area contributed by atoms with E-state index >= 15 is 0 Å². The number of nitrogens with zero attached hydrogens (tertiary/aromatic N) is 3. The first-order chi connectivity index (χ1) is 15.4. The summed E-state index contributed by atoms with van der Waals surface area (Å²) in [5.41, 5.74) is 9.23. The number of methoxy groups -OCH3 is 1. The van der Waals surface area contributed by atoms with Crippen molar-refractivity contribution in [2.75, 3.05) is 13.7 Å². The molecule has 3 rings (SSSR count). The highest BCUT2D eigenvalue weighted by atomic mass is 16.5. The lowest BCUT2D eigenvalue weighted by Crippen LogP contribution is -2.32. The van der Waals surface area contributed by atoms with E-state index in [4.69, 9.17) is 10.3 Å². The smallest absolute Gasteiger partial charge is 0.400 e. The number of imide groups is 1. The van der Waals surface area contributed by atoms with Crippen LogP contribution in [0.3, 0.4) is 0 Å². The summed E-state index contributed by atoms with van der Waals surface area (Å²) < 4.78 is 5.00. The summed E-state index contributed by atoms with van der Waals surface area (Å²) in [4.78, 5) is 65.4. The Balaban J connectivity index is 1.55. The van der Waals surface area contributed by atoms with Gasteiger partial charge < -0.3 is 10.3 Å². The second-order valence-electron chi connectivity index (χ2n) is 7.03. The van der Waals surface area contributed by atoms with Gasteiger partial charge in [0, 0.05) is 18.5 Å². The number of hydrogen-bond acceptors (Lipinski definition) is 6. The van der Waals surface area contributed by atoms with Crippen molar-refractivity contribution in [3.05, 3.63) is 70.8 Å². The van der Waals surface area contributed by atoms with Crippen molar-refractivity contribution in [2.24, 2.45) is 0 Å². The zero-order valence-electron chi connectivity index (χ0n) is 17.2. The highest BCUT2D eigenvalue weighted by molar-refractivity contribution is 6.65. The fourth-order valence-corrected chi connectivity index (χ4v) is 3.33. The molecule has 0 bridgehead atoms. The minimum atomic E-state index is -0.918. The van der Waals surface area contributed by atoms with E-state index in [-0.39, 0.29) is 24.9 Å². The number of benzene rings is 2. The molecular formula is C23H19N3O6. The molecule has 1 heterocycles. The Morgan fingerprint density at radius 1 is 0.938 bits per heavy atom. The van der Waals surface area contributed by atoms with Gasteiger partial charge in [0.2, 0.25) is 5.78 Å². The van der Waals surface area contributed by atoms with Gasteiger partial charge in [-0.25, -0.2) is 0 Å². The summed E-state index contributed by atoms with van der Waals surface area (Å²) in [5.74, 6) is -2.60. The van der Waals surface area contributed by atoms with E-state index in [9.17, 15) is 24.0 Å². The van der Waals surface area contributed by atoms with Gasteiger partial charge in [-0.05, 0) is 42.8 Å². The molecule has 0 spiro atoms. The first kappa shape index (κ1) is 22.5. The molecule has 162 valence electrons. The number of hydrogen-bond donors (Lipinski definition) is 0. The molecule has 9 nitrogen and oxygen atoms in total. The lowest BCUT2D eigenvalue weighted by molar-refractivity contribution is -0.123. The molecule has 32 heavy (non-hydrogen) atoms. The van der Waals surface area contributed by atoms with E-state index in [0.29, 0.717) is 16.9 Å². The van der Waals surface area contributed by atoms with Crippen LogP contribution in [0, 0.1) is 0 Å². The van der Waals surface area contributed by atoms with Gasteiger partial charge in [0.15, 0.2) is 5.78 Å². The second kappa shape index (κ2) is 9.72. The van der Waals surface area contributed by atoms with Gasteiger partial charge in [0.1, 0.15) is 5.75 Å². The van der Waals surface area contributed by atoms with E-state index in [0.717, 1.165) is 4.90 Å². The fourth-order valence-electron chi connectivity index (χ4n) is 3.33. The molecule has 1 aliphatic rings. The monoisotopic (exact) mass is 433 g/mol. The summed E-state index contributed by atoms with van der Waals surface area (Å²) in [5, 5.41) is 0. The third-order valence-electron chi connectivity index (χ3n) is 5.03. The predicted molar refractivity (Wildman–Crippen MR) is 112 cm³/mol. The van der Waals surface area contributed by atoms with Crippen LogP contribution in [0.5, 0.6) is 5.75 Å². The lowest BCUT2D eigenvalue weighted by Gasteiger charge is -2.12. The Bertz CT molecular complexity index is 1130. The Kier molecular flexibility index (Phi) is 6.82. The van der Waals surface area contributed by atoms with Crippen molar-refractivity contribution in [1.29, 1.82) is 0 Å². The Morgan fingerprint density at radius 2 is 1.53 bits per heavy atom. The number of ketones is 3. The van der Waals surface area contributed by atoms with Crippen molar-refractivity contribution in [3.63, 3.8) is 0 Å². The molecule has 0 fully saturated rings. The molecule has 0 radical (unpaired) electrons. The van der Waals surface area contributed by atoms with E-state index in [2.05, 4.69) is 4.79 Å². The standard InChI is InChI=1S/C23H19N3O6/c1-32-15-10-8-14(9-11-15)19(28)13-20(29)21(25-24)18(27)7-4-12-26-22(30)16-5-2-3-6-17(16)23(26)31/h2-3,5-6,8-11H,4,7,12-13H2,1H3. The highest BCUT2D eigenvalue weighted by Gasteiger charge is 2.35. The number of carbonyl (C=O) groups is 5. The molecule has 0 saturated heterocycles. The normalized spacial score (nSPS) is 12.2. The summed E-state index contributed by atoms with van der Waals surface area (Å²) >= 11 is 0. The molecule has 0 unspecified atom stereocenters. The average molecular weight is 433 g/mol. The maximum Gasteiger partial charge on any atom is 0.400 e. The largest absolute Gasteiger partial charge is 0.497 e. The summed E-state index contributed by atoms with van der Waals surface area (Å²) in [6.07, 6.45) is -0.811. The molecule has 9 heteroatoms. The van der Waals surface area contributed by atoms with Gasteiger partial charge in [0.25, 0.3) is 17.6 Å². The van der Waals surface area contributed by atoms with Crippen molar-refractivity contribution >= 4 is 34.9 Å². The summed E-state index contributed by atoms with van der Waals surface area (Å²) in [6, 6.07) is 12.5. The molecule has 2 aromatic rings. The van der Waals surface area contributed by atoms with Gasteiger partial charge in [0.05, 0.1) is 24.7 Å². The SMILES string of the molecule is COc1ccc(C(=O)CC(=O)C(=[N+]=[N-])C(=O)CCCN2C(=O)c3ccccc3C2=O)cc1. The van der Waals surface area contributed by atoms with Crippen molar-refractivity contribution in [2.45, 2.75) is 19.3 Å².